The SMILES string of the molecule is COc1cc(OC)cc(-c2nnc3sc(Cn4nc(C)cc4C)nn23)c1. The minimum Gasteiger partial charge on any atom is -0.497 e. The van der Waals surface area contributed by atoms with Crippen LogP contribution in [0.5, 0.6) is 11.5 Å². The van der Waals surface area contributed by atoms with E-state index in [0.29, 0.717) is 23.9 Å². The molecule has 0 aliphatic heterocycles. The summed E-state index contributed by atoms with van der Waals surface area (Å²) in [7, 11) is 3.24. The molecule has 0 unspecified atom stereocenters. The second kappa shape index (κ2) is 6.41. The summed E-state index contributed by atoms with van der Waals surface area (Å²) >= 11 is 1.50. The Hall–Kier alpha value is -2.94. The predicted molar refractivity (Wildman–Crippen MR) is 98.0 cm³/mol. The van der Waals surface area contributed by atoms with Crippen molar-refractivity contribution in [3.63, 3.8) is 0 Å². The lowest BCUT2D eigenvalue weighted by Crippen LogP contribution is -2.04. The lowest BCUT2D eigenvalue weighted by molar-refractivity contribution is 0.394. The Balaban J connectivity index is 1.73. The Morgan fingerprint density at radius 3 is 2.31 bits per heavy atom. The standard InChI is InChI=1S/C17H18N6O2S/c1-10-5-11(2)22(20-10)9-15-21-23-16(18-19-17(23)26-15)12-6-13(24-3)8-14(7-12)25-4/h5-8H,9H2,1-4H3. The lowest BCUT2D eigenvalue weighted by atomic mass is 10.2. The molecule has 4 aromatic rings. The molecule has 9 heteroatoms. The van der Waals surface area contributed by atoms with Gasteiger partial charge in [-0.2, -0.15) is 14.7 Å². The van der Waals surface area contributed by atoms with Gasteiger partial charge in [0.2, 0.25) is 4.96 Å². The summed E-state index contributed by atoms with van der Waals surface area (Å²) in [5.74, 6) is 2.02. The molecule has 0 amide bonds. The molecule has 3 heterocycles. The molecule has 0 fully saturated rings. The number of hydrogen-bond donors (Lipinski definition) is 0. The molecule has 3 aromatic heterocycles. The molecule has 0 bridgehead atoms. The highest BCUT2D eigenvalue weighted by Gasteiger charge is 2.16. The first-order chi connectivity index (χ1) is 12.6. The van der Waals surface area contributed by atoms with Gasteiger partial charge in [-0.05, 0) is 32.0 Å². The second-order valence-electron chi connectivity index (χ2n) is 5.90. The number of fused-ring (bicyclic) bond motifs is 1. The molecule has 0 saturated heterocycles. The van der Waals surface area contributed by atoms with E-state index in [9.17, 15) is 0 Å². The van der Waals surface area contributed by atoms with E-state index in [0.717, 1.165) is 26.9 Å². The smallest absolute Gasteiger partial charge is 0.235 e. The van der Waals surface area contributed by atoms with Crippen LogP contribution in [0.25, 0.3) is 16.3 Å². The molecule has 0 N–H and O–H groups in total. The number of aromatic nitrogens is 6. The van der Waals surface area contributed by atoms with E-state index < -0.39 is 0 Å². The summed E-state index contributed by atoms with van der Waals surface area (Å²) in [6.07, 6.45) is 0. The van der Waals surface area contributed by atoms with Gasteiger partial charge in [-0.1, -0.05) is 11.3 Å². The molecule has 8 nitrogen and oxygen atoms in total. The van der Waals surface area contributed by atoms with Gasteiger partial charge in [-0.3, -0.25) is 4.68 Å². The third-order valence-electron chi connectivity index (χ3n) is 4.03. The number of rotatable bonds is 5. The molecule has 1 aromatic carbocycles. The third kappa shape index (κ3) is 2.90. The van der Waals surface area contributed by atoms with Gasteiger partial charge in [-0.15, -0.1) is 10.2 Å². The molecule has 4 rings (SSSR count). The zero-order chi connectivity index (χ0) is 18.3. The first-order valence-electron chi connectivity index (χ1n) is 8.03. The van der Waals surface area contributed by atoms with Gasteiger partial charge < -0.3 is 9.47 Å². The van der Waals surface area contributed by atoms with Gasteiger partial charge in [0.15, 0.2) is 5.82 Å². The summed E-state index contributed by atoms with van der Waals surface area (Å²) in [4.78, 5) is 0.735. The van der Waals surface area contributed by atoms with Crippen LogP contribution in [0.1, 0.15) is 16.4 Å². The number of aryl methyl sites for hydroxylation is 2. The number of ether oxygens (including phenoxy) is 2. The second-order valence-corrected chi connectivity index (χ2v) is 6.94. The van der Waals surface area contributed by atoms with Crippen LogP contribution in [0.3, 0.4) is 0 Å². The summed E-state index contributed by atoms with van der Waals surface area (Å²) in [6, 6.07) is 7.64. The topological polar surface area (TPSA) is 79.4 Å². The van der Waals surface area contributed by atoms with Gasteiger partial charge in [-0.25, -0.2) is 0 Å². The average Bonchev–Trinajstić information content (AvgIpc) is 3.29. The predicted octanol–water partition coefficient (Wildman–Crippen LogP) is 2.73. The fourth-order valence-corrected chi connectivity index (χ4v) is 3.62. The molecule has 0 spiro atoms. The Morgan fingerprint density at radius 1 is 0.962 bits per heavy atom. The highest BCUT2D eigenvalue weighted by Crippen LogP contribution is 2.30. The van der Waals surface area contributed by atoms with Crippen LogP contribution in [-0.2, 0) is 6.54 Å². The van der Waals surface area contributed by atoms with E-state index in [1.807, 2.05) is 42.8 Å². The van der Waals surface area contributed by atoms with Gasteiger partial charge in [0, 0.05) is 17.3 Å². The van der Waals surface area contributed by atoms with Crippen molar-refractivity contribution in [1.29, 1.82) is 0 Å². The first-order valence-corrected chi connectivity index (χ1v) is 8.84. The molecule has 0 saturated carbocycles. The average molecular weight is 370 g/mol. The molecular formula is C17H18N6O2S. The molecule has 0 aliphatic carbocycles. The van der Waals surface area contributed by atoms with Crippen molar-refractivity contribution < 1.29 is 9.47 Å². The van der Waals surface area contributed by atoms with Crippen LogP contribution in [0.15, 0.2) is 24.3 Å². The summed E-state index contributed by atoms with van der Waals surface area (Å²) < 4.78 is 14.4. The number of nitrogens with zero attached hydrogens (tertiary/aromatic N) is 6. The van der Waals surface area contributed by atoms with Crippen molar-refractivity contribution in [1.82, 2.24) is 29.6 Å². The van der Waals surface area contributed by atoms with Crippen molar-refractivity contribution in [2.75, 3.05) is 14.2 Å². The maximum atomic E-state index is 5.34. The maximum absolute atomic E-state index is 5.34. The van der Waals surface area contributed by atoms with Crippen molar-refractivity contribution in [3.8, 4) is 22.9 Å². The van der Waals surface area contributed by atoms with E-state index in [1.54, 1.807) is 18.7 Å². The van der Waals surface area contributed by atoms with Crippen molar-refractivity contribution in [3.05, 3.63) is 40.7 Å². The monoisotopic (exact) mass is 370 g/mol. The van der Waals surface area contributed by atoms with Gasteiger partial charge in [0.1, 0.15) is 16.5 Å². The van der Waals surface area contributed by atoms with E-state index in [4.69, 9.17) is 9.47 Å². The van der Waals surface area contributed by atoms with Crippen LogP contribution in [0, 0.1) is 13.8 Å². The minimum atomic E-state index is 0.606. The molecule has 0 atom stereocenters. The van der Waals surface area contributed by atoms with Crippen LogP contribution >= 0.6 is 11.3 Å². The fraction of sp³-hybridized carbons (Fsp3) is 0.294. The van der Waals surface area contributed by atoms with Gasteiger partial charge >= 0.3 is 0 Å². The van der Waals surface area contributed by atoms with E-state index >= 15 is 0 Å². The molecule has 134 valence electrons. The highest BCUT2D eigenvalue weighted by molar-refractivity contribution is 7.16. The summed E-state index contributed by atoms with van der Waals surface area (Å²) in [5.41, 5.74) is 2.93. The minimum absolute atomic E-state index is 0.606. The number of hydrogen-bond acceptors (Lipinski definition) is 7. The maximum Gasteiger partial charge on any atom is 0.235 e. The number of methoxy groups -OCH3 is 2. The molecule has 0 aliphatic rings. The molecule has 0 radical (unpaired) electrons. The van der Waals surface area contributed by atoms with E-state index in [-0.39, 0.29) is 0 Å². The Labute approximate surface area is 154 Å². The summed E-state index contributed by atoms with van der Waals surface area (Å²) in [5, 5.41) is 18.6. The number of benzene rings is 1. The zero-order valence-corrected chi connectivity index (χ0v) is 15.7. The quantitative estimate of drug-likeness (QED) is 0.537. The van der Waals surface area contributed by atoms with Crippen molar-refractivity contribution in [2.24, 2.45) is 0 Å². The third-order valence-corrected chi connectivity index (χ3v) is 4.91. The normalized spacial score (nSPS) is 11.2. The summed E-state index contributed by atoms with van der Waals surface area (Å²) in [6.45, 7) is 4.62. The first kappa shape index (κ1) is 16.5. The Kier molecular flexibility index (Phi) is 4.08. The molecule has 26 heavy (non-hydrogen) atoms. The van der Waals surface area contributed by atoms with Gasteiger partial charge in [0.25, 0.3) is 0 Å². The molecular weight excluding hydrogens is 352 g/mol. The zero-order valence-electron chi connectivity index (χ0n) is 14.9. The highest BCUT2D eigenvalue weighted by atomic mass is 32.1. The van der Waals surface area contributed by atoms with Crippen molar-refractivity contribution in [2.45, 2.75) is 20.4 Å². The van der Waals surface area contributed by atoms with Gasteiger partial charge in [0.05, 0.1) is 26.5 Å². The van der Waals surface area contributed by atoms with Crippen LogP contribution in [0.4, 0.5) is 0 Å². The Bertz CT molecular complexity index is 1060. The largest absolute Gasteiger partial charge is 0.497 e. The lowest BCUT2D eigenvalue weighted by Gasteiger charge is -2.06. The van der Waals surface area contributed by atoms with Crippen LogP contribution < -0.4 is 9.47 Å². The van der Waals surface area contributed by atoms with Crippen molar-refractivity contribution >= 4 is 16.3 Å². The fourth-order valence-electron chi connectivity index (χ4n) is 2.80. The van der Waals surface area contributed by atoms with Crippen LogP contribution in [0.2, 0.25) is 0 Å². The van der Waals surface area contributed by atoms with E-state index in [2.05, 4.69) is 20.4 Å². The Morgan fingerprint density at radius 2 is 1.69 bits per heavy atom. The van der Waals surface area contributed by atoms with Crippen LogP contribution in [-0.4, -0.2) is 43.8 Å². The van der Waals surface area contributed by atoms with E-state index in [1.165, 1.54) is 11.3 Å².